The zero-order chi connectivity index (χ0) is 29.5. The molecule has 0 atom stereocenters. The van der Waals surface area contributed by atoms with Gasteiger partial charge in [0.15, 0.2) is 11.5 Å². The van der Waals surface area contributed by atoms with Crippen molar-refractivity contribution in [3.8, 4) is 11.5 Å². The van der Waals surface area contributed by atoms with E-state index in [4.69, 9.17) is 37.4 Å². The lowest BCUT2D eigenvalue weighted by atomic mass is 10.1. The zero-order valence-electron chi connectivity index (χ0n) is 21.9. The van der Waals surface area contributed by atoms with Gasteiger partial charge in [-0.1, -0.05) is 59.2 Å². The third-order valence-electron chi connectivity index (χ3n) is 5.61. The Hall–Kier alpha value is -2.99. The number of halogens is 3. The molecule has 1 heterocycles. The summed E-state index contributed by atoms with van der Waals surface area (Å²) in [5.74, 6) is -0.614. The molecule has 3 aromatic carbocycles. The van der Waals surface area contributed by atoms with Gasteiger partial charge < -0.3 is 19.3 Å². The van der Waals surface area contributed by atoms with Crippen molar-refractivity contribution in [1.82, 2.24) is 0 Å². The lowest BCUT2D eigenvalue weighted by Crippen LogP contribution is -2.14. The molecule has 3 aromatic rings. The molecule has 0 bridgehead atoms. The van der Waals surface area contributed by atoms with Crippen molar-refractivity contribution in [1.29, 1.82) is 0 Å². The Kier molecular flexibility index (Phi) is 10.8. The van der Waals surface area contributed by atoms with Crippen molar-refractivity contribution < 1.29 is 28.9 Å². The summed E-state index contributed by atoms with van der Waals surface area (Å²) in [4.78, 5) is 30.0. The van der Waals surface area contributed by atoms with Crippen molar-refractivity contribution in [2.75, 3.05) is 13.2 Å². The van der Waals surface area contributed by atoms with Crippen molar-refractivity contribution in [3.63, 3.8) is 0 Å². The number of rotatable bonds is 9. The largest absolute Gasteiger partial charge is 0.506 e. The van der Waals surface area contributed by atoms with E-state index in [9.17, 15) is 14.7 Å². The Morgan fingerprint density at radius 1 is 1.02 bits per heavy atom. The van der Waals surface area contributed by atoms with Crippen LogP contribution in [0.25, 0.3) is 6.08 Å². The molecule has 7 nitrogen and oxygen atoms in total. The molecule has 1 N–H and O–H groups in total. The van der Waals surface area contributed by atoms with Gasteiger partial charge in [0.2, 0.25) is 0 Å². The molecule has 0 unspecified atom stereocenters. The van der Waals surface area contributed by atoms with Gasteiger partial charge in [-0.2, -0.15) is 0 Å². The summed E-state index contributed by atoms with van der Waals surface area (Å²) in [5.41, 5.74) is 1.63. The molecule has 1 amide bonds. The number of carbonyl (C=O) groups excluding carboxylic acids is 2. The Balaban J connectivity index is 1.67. The molecule has 0 aliphatic carbocycles. The molecule has 4 rings (SSSR count). The molecule has 41 heavy (non-hydrogen) atoms. The summed E-state index contributed by atoms with van der Waals surface area (Å²) < 4.78 is 17.8. The highest BCUT2D eigenvalue weighted by Gasteiger charge is 2.34. The van der Waals surface area contributed by atoms with E-state index in [1.54, 1.807) is 67.6 Å². The van der Waals surface area contributed by atoms with Crippen LogP contribution in [0.5, 0.6) is 11.5 Å². The number of hydrogen-bond donors (Lipinski definition) is 1. The van der Waals surface area contributed by atoms with Gasteiger partial charge in [0.25, 0.3) is 5.91 Å². The Bertz CT molecular complexity index is 1570. The van der Waals surface area contributed by atoms with Crippen LogP contribution in [0.3, 0.4) is 0 Å². The maximum absolute atomic E-state index is 12.8. The first-order valence-corrected chi connectivity index (χ1v) is 15.1. The number of aliphatic imine (C=N–C) groups is 1. The van der Waals surface area contributed by atoms with E-state index in [0.717, 1.165) is 20.9 Å². The van der Waals surface area contributed by atoms with Crippen molar-refractivity contribution in [2.24, 2.45) is 4.99 Å². The van der Waals surface area contributed by atoms with Crippen LogP contribution in [0.15, 0.2) is 81.9 Å². The molecule has 1 aliphatic rings. The number of esters is 1. The van der Waals surface area contributed by atoms with E-state index in [-0.39, 0.29) is 29.6 Å². The highest BCUT2D eigenvalue weighted by molar-refractivity contribution is 14.1. The van der Waals surface area contributed by atoms with Gasteiger partial charge in [-0.3, -0.25) is 4.79 Å². The zero-order valence-corrected chi connectivity index (χ0v) is 26.4. The van der Waals surface area contributed by atoms with Crippen LogP contribution in [0, 0.1) is 3.57 Å². The van der Waals surface area contributed by atoms with Crippen LogP contribution in [-0.2, 0) is 16.1 Å². The number of amides is 1. The van der Waals surface area contributed by atoms with Crippen LogP contribution in [0.4, 0.5) is 0 Å². The van der Waals surface area contributed by atoms with E-state index < -0.39 is 11.9 Å². The molecular weight excluding hydrogens is 700 g/mol. The van der Waals surface area contributed by atoms with Crippen molar-refractivity contribution >= 4 is 80.6 Å². The van der Waals surface area contributed by atoms with Crippen molar-refractivity contribution in [3.05, 3.63) is 107 Å². The van der Waals surface area contributed by atoms with Crippen LogP contribution < -0.4 is 9.47 Å². The smallest absolute Gasteiger partial charge is 0.344 e. The molecule has 0 saturated heterocycles. The molecule has 212 valence electrons. The van der Waals surface area contributed by atoms with Gasteiger partial charge in [0, 0.05) is 21.2 Å². The first-order chi connectivity index (χ1) is 19.7. The normalized spacial score (nSPS) is 15.0. The second-order valence-electron chi connectivity index (χ2n) is 8.43. The van der Waals surface area contributed by atoms with Gasteiger partial charge in [0.05, 0.1) is 21.7 Å². The highest BCUT2D eigenvalue weighted by atomic mass is 127. The molecule has 0 radical (unpaired) electrons. The Morgan fingerprint density at radius 2 is 1.78 bits per heavy atom. The number of carbonyl (C=O) groups is 2. The minimum Gasteiger partial charge on any atom is -0.506 e. The first-order valence-electron chi connectivity index (χ1n) is 12.4. The first kappa shape index (κ1) is 31.0. The molecule has 1 aliphatic heterocycles. The van der Waals surface area contributed by atoms with Gasteiger partial charge >= 0.3 is 5.97 Å². The van der Waals surface area contributed by atoms with Gasteiger partial charge in [-0.25, -0.2) is 9.79 Å². The summed E-state index contributed by atoms with van der Waals surface area (Å²) in [6.45, 7) is 4.20. The standard InChI is InChI=1S/C30H24Cl2INO6S/c1-3-38-23-13-17(12-22(33)27(23)40-16-19-10-11-20(31)15-21(19)32)14-24-26(35)25(30(37)39-4-2)29(41-24)34-28(36)18-8-6-5-7-9-18/h5-15,35H,3-4,16H2,1-2H3/b24-14-,34-29?. The van der Waals surface area contributed by atoms with Crippen LogP contribution in [0.2, 0.25) is 10.0 Å². The number of aliphatic hydroxyl groups excluding tert-OH is 1. The van der Waals surface area contributed by atoms with E-state index >= 15 is 0 Å². The topological polar surface area (TPSA) is 94.4 Å². The monoisotopic (exact) mass is 723 g/mol. The average Bonchev–Trinajstić information content (AvgIpc) is 3.23. The number of hydrogen-bond acceptors (Lipinski definition) is 7. The molecule has 0 saturated carbocycles. The molecule has 0 aromatic heterocycles. The predicted molar refractivity (Wildman–Crippen MR) is 171 cm³/mol. The Labute approximate surface area is 265 Å². The third kappa shape index (κ3) is 7.65. The summed E-state index contributed by atoms with van der Waals surface area (Å²) in [7, 11) is 0. The lowest BCUT2D eigenvalue weighted by Gasteiger charge is -2.15. The minimum absolute atomic E-state index is 0.0561. The van der Waals surface area contributed by atoms with Crippen molar-refractivity contribution in [2.45, 2.75) is 20.5 Å². The summed E-state index contributed by atoms with van der Waals surface area (Å²) in [6.07, 6.45) is 1.68. The fourth-order valence-electron chi connectivity index (χ4n) is 3.74. The number of nitrogens with zero attached hydrogens (tertiary/aromatic N) is 1. The number of aliphatic hydroxyl groups is 1. The van der Waals surface area contributed by atoms with Gasteiger partial charge in [-0.15, -0.1) is 0 Å². The van der Waals surface area contributed by atoms with E-state index in [0.29, 0.717) is 44.2 Å². The van der Waals surface area contributed by atoms with Crippen LogP contribution in [-0.4, -0.2) is 35.2 Å². The molecule has 0 spiro atoms. The van der Waals surface area contributed by atoms with E-state index in [1.165, 1.54) is 0 Å². The SMILES string of the molecule is CCOC(=O)C1=C(O)/C(=C/c2cc(I)c(OCc3ccc(Cl)cc3Cl)c(OCC)c2)SC1=NC(=O)c1ccccc1. The summed E-state index contributed by atoms with van der Waals surface area (Å²) in [6, 6.07) is 17.3. The molecule has 11 heteroatoms. The van der Waals surface area contributed by atoms with E-state index in [1.807, 2.05) is 13.0 Å². The van der Waals surface area contributed by atoms with Crippen LogP contribution >= 0.6 is 57.6 Å². The van der Waals surface area contributed by atoms with Gasteiger partial charge in [0.1, 0.15) is 23.0 Å². The fraction of sp³-hybridized carbons (Fsp3) is 0.167. The lowest BCUT2D eigenvalue weighted by molar-refractivity contribution is -0.138. The maximum Gasteiger partial charge on any atom is 0.344 e. The summed E-state index contributed by atoms with van der Waals surface area (Å²) >= 11 is 15.4. The average molecular weight is 724 g/mol. The minimum atomic E-state index is -0.769. The number of thioether (sulfide) groups is 1. The fourth-order valence-corrected chi connectivity index (χ4v) is 6.00. The highest BCUT2D eigenvalue weighted by Crippen LogP contribution is 2.41. The van der Waals surface area contributed by atoms with Crippen LogP contribution in [0.1, 0.15) is 35.3 Å². The molecular formula is C30H24Cl2INO6S. The second kappa shape index (κ2) is 14.3. The number of ether oxygens (including phenoxy) is 3. The third-order valence-corrected chi connectivity index (χ3v) is 8.02. The predicted octanol–water partition coefficient (Wildman–Crippen LogP) is 8.28. The second-order valence-corrected chi connectivity index (χ2v) is 11.5. The van der Waals surface area contributed by atoms with E-state index in [2.05, 4.69) is 27.6 Å². The molecule has 0 fully saturated rings. The number of benzene rings is 3. The Morgan fingerprint density at radius 3 is 2.46 bits per heavy atom. The van der Waals surface area contributed by atoms with Gasteiger partial charge in [-0.05, 0) is 84.5 Å². The maximum atomic E-state index is 12.8. The quantitative estimate of drug-likeness (QED) is 0.175. The summed E-state index contributed by atoms with van der Waals surface area (Å²) in [5, 5.41) is 12.1.